The number of urea groups is 1. The van der Waals surface area contributed by atoms with Gasteiger partial charge >= 0.3 is 6.03 Å². The monoisotopic (exact) mass is 622 g/mol. The lowest BCUT2D eigenvalue weighted by molar-refractivity contribution is -0.122. The lowest BCUT2D eigenvalue weighted by Crippen LogP contribution is -2.54. The summed E-state index contributed by atoms with van der Waals surface area (Å²) in [4.78, 5) is 39.2. The number of rotatable bonds is 11. The number of nitrogens with one attached hydrogen (secondary N) is 1. The molecule has 4 rings (SSSR count). The van der Waals surface area contributed by atoms with E-state index < -0.39 is 17.8 Å². The fourth-order valence-corrected chi connectivity index (χ4v) is 4.76. The van der Waals surface area contributed by atoms with E-state index in [0.717, 1.165) is 17.1 Å². The maximum Gasteiger partial charge on any atom is 0.335 e. The number of hydrogen-bond donors (Lipinski definition) is 1. The number of halogens is 1. The first-order chi connectivity index (χ1) is 19.7. The summed E-state index contributed by atoms with van der Waals surface area (Å²) in [7, 11) is 3.00. The van der Waals surface area contributed by atoms with Gasteiger partial charge in [-0.3, -0.25) is 14.9 Å². The first-order valence-corrected chi connectivity index (χ1v) is 13.8. The van der Waals surface area contributed by atoms with Crippen molar-refractivity contribution in [3.05, 3.63) is 81.8 Å². The fourth-order valence-electron chi connectivity index (χ4n) is 4.18. The first-order valence-electron chi connectivity index (χ1n) is 13.0. The molecule has 1 aliphatic heterocycles. The summed E-state index contributed by atoms with van der Waals surface area (Å²) < 4.78 is 22.9. The van der Waals surface area contributed by atoms with Crippen molar-refractivity contribution in [1.82, 2.24) is 5.32 Å². The van der Waals surface area contributed by atoms with Crippen molar-refractivity contribution in [3.8, 4) is 23.0 Å². The Hall–Kier alpha value is -4.31. The Morgan fingerprint density at radius 2 is 1.56 bits per heavy atom. The Labute approximate surface area is 247 Å². The first kappa shape index (κ1) is 29.7. The molecule has 0 spiro atoms. The highest BCUT2D eigenvalue weighted by Gasteiger charge is 2.37. The predicted molar refractivity (Wildman–Crippen MR) is 159 cm³/mol. The minimum atomic E-state index is -0.835. The van der Waals surface area contributed by atoms with Crippen LogP contribution in [0.4, 0.5) is 10.5 Å². The molecule has 1 atom stereocenters. The molecule has 3 aromatic carbocycles. The number of anilines is 1. The fraction of sp³-hybridized carbons (Fsp3) is 0.258. The van der Waals surface area contributed by atoms with Gasteiger partial charge in [0.1, 0.15) is 30.3 Å². The largest absolute Gasteiger partial charge is 0.497 e. The zero-order valence-electron chi connectivity index (χ0n) is 23.2. The highest BCUT2D eigenvalue weighted by atomic mass is 79.9. The summed E-state index contributed by atoms with van der Waals surface area (Å²) >= 11 is 3.49. The van der Waals surface area contributed by atoms with Crippen LogP contribution in [0.2, 0.25) is 0 Å². The number of nitrogens with zero attached hydrogens (tertiary/aromatic N) is 1. The van der Waals surface area contributed by atoms with Crippen LogP contribution in [0.5, 0.6) is 23.0 Å². The number of hydrogen-bond acceptors (Lipinski definition) is 7. The van der Waals surface area contributed by atoms with Gasteiger partial charge < -0.3 is 18.9 Å². The molecule has 0 radical (unpaired) electrons. The summed E-state index contributed by atoms with van der Waals surface area (Å²) in [5, 5.41) is 2.22. The standard InChI is InChI=1S/C31H31BrN2O7/c1-5-19(2)21-6-10-24(11-7-21)40-14-15-41-28-26(32)17-20(18-27(28)39-4)16-25-29(35)33-31(37)34(30(25)36)22-8-12-23(38-3)13-9-22/h6-13,16-19H,5,14-15H2,1-4H3,(H,33,35,37)/b25-16-/t19-/m1/s1. The number of carbonyl (C=O) groups excluding carboxylic acids is 3. The Morgan fingerprint density at radius 1 is 0.902 bits per heavy atom. The van der Waals surface area contributed by atoms with E-state index in [1.54, 1.807) is 36.4 Å². The molecule has 1 saturated heterocycles. The zero-order chi connectivity index (χ0) is 29.5. The van der Waals surface area contributed by atoms with E-state index in [-0.39, 0.29) is 12.2 Å². The van der Waals surface area contributed by atoms with Crippen LogP contribution in [-0.2, 0) is 9.59 Å². The second-order valence-electron chi connectivity index (χ2n) is 9.27. The molecule has 41 heavy (non-hydrogen) atoms. The van der Waals surface area contributed by atoms with Crippen LogP contribution in [0.15, 0.2) is 70.7 Å². The third kappa shape index (κ3) is 6.89. The van der Waals surface area contributed by atoms with Gasteiger partial charge in [-0.05, 0) is 94.0 Å². The minimum absolute atomic E-state index is 0.212. The van der Waals surface area contributed by atoms with Gasteiger partial charge in [-0.25, -0.2) is 9.69 Å². The SMILES string of the molecule is CC[C@@H](C)c1ccc(OCCOc2c(Br)cc(/C=C3/C(=O)NC(=O)N(c4ccc(OC)cc4)C3=O)cc2OC)cc1. The second kappa shape index (κ2) is 13.4. The van der Waals surface area contributed by atoms with Gasteiger partial charge in [0.05, 0.1) is 24.4 Å². The van der Waals surface area contributed by atoms with Gasteiger partial charge in [0.25, 0.3) is 11.8 Å². The Morgan fingerprint density at radius 3 is 2.20 bits per heavy atom. The molecule has 0 aromatic heterocycles. The topological polar surface area (TPSA) is 103 Å². The van der Waals surface area contributed by atoms with E-state index in [0.29, 0.717) is 45.5 Å². The molecule has 4 amide bonds. The molecule has 10 heteroatoms. The number of barbiturate groups is 1. The van der Waals surface area contributed by atoms with Crippen molar-refractivity contribution in [2.45, 2.75) is 26.2 Å². The quantitative estimate of drug-likeness (QED) is 0.156. The number of amides is 4. The summed E-state index contributed by atoms with van der Waals surface area (Å²) in [5.74, 6) is 1.09. The number of carbonyl (C=O) groups is 3. The maximum absolute atomic E-state index is 13.2. The molecule has 214 valence electrons. The van der Waals surface area contributed by atoms with Crippen LogP contribution < -0.4 is 29.2 Å². The van der Waals surface area contributed by atoms with Crippen molar-refractivity contribution in [2.24, 2.45) is 0 Å². The van der Waals surface area contributed by atoms with Gasteiger partial charge in [-0.1, -0.05) is 26.0 Å². The summed E-state index contributed by atoms with van der Waals surface area (Å²) in [6.45, 7) is 4.92. The number of ether oxygens (including phenoxy) is 4. The highest BCUT2D eigenvalue weighted by Crippen LogP contribution is 2.37. The molecule has 1 aliphatic rings. The number of imide groups is 2. The van der Waals surface area contributed by atoms with Crippen LogP contribution in [-0.4, -0.2) is 45.3 Å². The summed E-state index contributed by atoms with van der Waals surface area (Å²) in [5.41, 5.74) is 1.84. The number of methoxy groups -OCH3 is 2. The molecule has 1 N–H and O–H groups in total. The van der Waals surface area contributed by atoms with Crippen molar-refractivity contribution in [3.63, 3.8) is 0 Å². The van der Waals surface area contributed by atoms with E-state index in [1.165, 1.54) is 25.9 Å². The summed E-state index contributed by atoms with van der Waals surface area (Å²) in [6.07, 6.45) is 2.47. The van der Waals surface area contributed by atoms with Gasteiger partial charge in [-0.2, -0.15) is 0 Å². The summed E-state index contributed by atoms with van der Waals surface area (Å²) in [6, 6.07) is 16.9. The molecule has 0 unspecified atom stereocenters. The van der Waals surface area contributed by atoms with Crippen LogP contribution >= 0.6 is 15.9 Å². The molecule has 0 bridgehead atoms. The van der Waals surface area contributed by atoms with E-state index in [4.69, 9.17) is 18.9 Å². The van der Waals surface area contributed by atoms with E-state index in [2.05, 4.69) is 47.2 Å². The Kier molecular flexibility index (Phi) is 9.67. The average Bonchev–Trinajstić information content (AvgIpc) is 2.98. The predicted octanol–water partition coefficient (Wildman–Crippen LogP) is 6.10. The number of benzene rings is 3. The van der Waals surface area contributed by atoms with Gasteiger partial charge in [-0.15, -0.1) is 0 Å². The van der Waals surface area contributed by atoms with Crippen molar-refractivity contribution in [1.29, 1.82) is 0 Å². The zero-order valence-corrected chi connectivity index (χ0v) is 24.8. The lowest BCUT2D eigenvalue weighted by Gasteiger charge is -2.26. The smallest absolute Gasteiger partial charge is 0.335 e. The maximum atomic E-state index is 13.2. The van der Waals surface area contributed by atoms with E-state index in [1.807, 2.05) is 12.1 Å². The Bertz CT molecular complexity index is 1450. The highest BCUT2D eigenvalue weighted by molar-refractivity contribution is 9.10. The lowest BCUT2D eigenvalue weighted by atomic mass is 9.99. The normalized spacial score (nSPS) is 15.0. The molecule has 1 heterocycles. The minimum Gasteiger partial charge on any atom is -0.497 e. The molecular formula is C31H31BrN2O7. The van der Waals surface area contributed by atoms with Crippen molar-refractivity contribution >= 4 is 45.5 Å². The third-order valence-electron chi connectivity index (χ3n) is 6.66. The van der Waals surface area contributed by atoms with Crippen LogP contribution in [0.1, 0.15) is 37.3 Å². The average molecular weight is 624 g/mol. The van der Waals surface area contributed by atoms with Crippen molar-refractivity contribution < 1.29 is 33.3 Å². The molecule has 3 aromatic rings. The third-order valence-corrected chi connectivity index (χ3v) is 7.24. The van der Waals surface area contributed by atoms with Crippen LogP contribution in [0.3, 0.4) is 0 Å². The van der Waals surface area contributed by atoms with E-state index in [9.17, 15) is 14.4 Å². The molecule has 0 aliphatic carbocycles. The van der Waals surface area contributed by atoms with E-state index >= 15 is 0 Å². The van der Waals surface area contributed by atoms with Gasteiger partial charge in [0.2, 0.25) is 0 Å². The van der Waals surface area contributed by atoms with Gasteiger partial charge in [0, 0.05) is 0 Å². The molecular weight excluding hydrogens is 592 g/mol. The van der Waals surface area contributed by atoms with Crippen LogP contribution in [0.25, 0.3) is 6.08 Å². The molecule has 0 saturated carbocycles. The Balaban J connectivity index is 1.47. The molecule has 9 nitrogen and oxygen atoms in total. The van der Waals surface area contributed by atoms with Crippen molar-refractivity contribution in [2.75, 3.05) is 32.3 Å². The second-order valence-corrected chi connectivity index (χ2v) is 10.1. The molecule has 1 fully saturated rings. The van der Waals surface area contributed by atoms with Crippen LogP contribution in [0, 0.1) is 0 Å². The van der Waals surface area contributed by atoms with Gasteiger partial charge in [0.15, 0.2) is 11.5 Å².